The van der Waals surface area contributed by atoms with Crippen molar-refractivity contribution in [2.75, 3.05) is 18.4 Å². The number of carbonyl (C=O) groups excluding carboxylic acids is 2. The van der Waals surface area contributed by atoms with E-state index in [0.717, 1.165) is 43.4 Å². The lowest BCUT2D eigenvalue weighted by atomic mass is 9.91. The second-order valence-electron chi connectivity index (χ2n) is 9.55. The minimum absolute atomic E-state index is 0.00146. The number of likely N-dealkylation sites (tertiary alicyclic amines) is 1. The number of fused-ring (bicyclic) bond motifs is 2. The highest BCUT2D eigenvalue weighted by Crippen LogP contribution is 2.41. The zero-order chi connectivity index (χ0) is 22.8. The molecule has 0 radical (unpaired) electrons. The van der Waals surface area contributed by atoms with Crippen molar-refractivity contribution in [1.82, 2.24) is 10.2 Å². The molecule has 1 heterocycles. The number of nitrogens with one attached hydrogen (secondary N) is 2. The molecule has 3 aliphatic rings. The number of benzene rings is 2. The fourth-order valence-corrected chi connectivity index (χ4v) is 5.39. The number of carbonyl (C=O) groups is 2. The fourth-order valence-electron chi connectivity index (χ4n) is 5.39. The lowest BCUT2D eigenvalue weighted by Gasteiger charge is -2.32. The summed E-state index contributed by atoms with van der Waals surface area (Å²) in [6, 6.07) is 14.2. The SMILES string of the molecule is CCc1ccc(NC(=O)N2CCC(NC(=O)c3ccc4c(c3)C3=C(CCCC3)C4)CC2)cc1. The van der Waals surface area contributed by atoms with Crippen LogP contribution in [-0.2, 0) is 12.8 Å². The third-order valence-corrected chi connectivity index (χ3v) is 7.41. The van der Waals surface area contributed by atoms with Crippen LogP contribution in [0.2, 0.25) is 0 Å². The summed E-state index contributed by atoms with van der Waals surface area (Å²) < 4.78 is 0. The molecule has 5 rings (SSSR count). The standard InChI is InChI=1S/C28H33N3O2/c1-2-19-7-11-23(12-8-19)30-28(33)31-15-13-24(14-16-31)29-27(32)22-10-9-21-17-20-5-3-4-6-25(20)26(21)18-22/h7-12,18,24H,2-6,13-17H2,1H3,(H,29,32)(H,30,33). The first-order valence-corrected chi connectivity index (χ1v) is 12.4. The lowest BCUT2D eigenvalue weighted by Crippen LogP contribution is -2.47. The molecule has 2 N–H and O–H groups in total. The Morgan fingerprint density at radius 3 is 2.52 bits per heavy atom. The fraction of sp³-hybridized carbons (Fsp3) is 0.429. The number of hydrogen-bond acceptors (Lipinski definition) is 2. The van der Waals surface area contributed by atoms with Gasteiger partial charge in [0, 0.05) is 30.4 Å². The third kappa shape index (κ3) is 4.68. The van der Waals surface area contributed by atoms with Crippen LogP contribution in [0.15, 0.2) is 48.0 Å². The van der Waals surface area contributed by atoms with E-state index in [9.17, 15) is 9.59 Å². The van der Waals surface area contributed by atoms with Gasteiger partial charge >= 0.3 is 6.03 Å². The van der Waals surface area contributed by atoms with Gasteiger partial charge in [-0.3, -0.25) is 4.79 Å². The summed E-state index contributed by atoms with van der Waals surface area (Å²) in [6.45, 7) is 3.40. The van der Waals surface area contributed by atoms with Crippen molar-refractivity contribution >= 4 is 23.2 Å². The smallest absolute Gasteiger partial charge is 0.321 e. The molecule has 5 nitrogen and oxygen atoms in total. The zero-order valence-electron chi connectivity index (χ0n) is 19.5. The number of hydrogen-bond donors (Lipinski definition) is 2. The van der Waals surface area contributed by atoms with Gasteiger partial charge in [-0.1, -0.05) is 30.7 Å². The van der Waals surface area contributed by atoms with E-state index in [-0.39, 0.29) is 18.0 Å². The Morgan fingerprint density at radius 1 is 1.00 bits per heavy atom. The third-order valence-electron chi connectivity index (χ3n) is 7.41. The lowest BCUT2D eigenvalue weighted by molar-refractivity contribution is 0.0919. The number of amides is 3. The molecule has 33 heavy (non-hydrogen) atoms. The largest absolute Gasteiger partial charge is 0.349 e. The van der Waals surface area contributed by atoms with Gasteiger partial charge in [0.25, 0.3) is 5.91 Å². The molecular weight excluding hydrogens is 410 g/mol. The van der Waals surface area contributed by atoms with Crippen molar-refractivity contribution in [3.63, 3.8) is 0 Å². The number of nitrogens with zero attached hydrogens (tertiary/aromatic N) is 1. The Kier molecular flexibility index (Phi) is 6.21. The van der Waals surface area contributed by atoms with Gasteiger partial charge in [0.15, 0.2) is 0 Å². The van der Waals surface area contributed by atoms with E-state index in [1.54, 1.807) is 5.57 Å². The molecule has 2 aliphatic carbocycles. The summed E-state index contributed by atoms with van der Waals surface area (Å²) in [5.41, 5.74) is 8.58. The summed E-state index contributed by atoms with van der Waals surface area (Å²) in [4.78, 5) is 27.4. The number of rotatable bonds is 4. The van der Waals surface area contributed by atoms with Crippen LogP contribution in [0.3, 0.4) is 0 Å². The Hall–Kier alpha value is -3.08. The maximum atomic E-state index is 13.0. The molecule has 0 aromatic heterocycles. The van der Waals surface area contributed by atoms with Crippen LogP contribution in [0, 0.1) is 0 Å². The molecule has 0 atom stereocenters. The van der Waals surface area contributed by atoms with Gasteiger partial charge in [-0.15, -0.1) is 0 Å². The van der Waals surface area contributed by atoms with Gasteiger partial charge in [-0.25, -0.2) is 4.79 Å². The number of anilines is 1. The van der Waals surface area contributed by atoms with E-state index < -0.39 is 0 Å². The quantitative estimate of drug-likeness (QED) is 0.650. The normalized spacial score (nSPS) is 18.0. The first-order chi connectivity index (χ1) is 16.1. The minimum Gasteiger partial charge on any atom is -0.349 e. The first-order valence-electron chi connectivity index (χ1n) is 12.4. The zero-order valence-corrected chi connectivity index (χ0v) is 19.5. The predicted molar refractivity (Wildman–Crippen MR) is 132 cm³/mol. The average Bonchev–Trinajstić information content (AvgIpc) is 3.23. The van der Waals surface area contributed by atoms with Crippen LogP contribution in [0.5, 0.6) is 0 Å². The average molecular weight is 444 g/mol. The van der Waals surface area contributed by atoms with Gasteiger partial charge in [-0.05, 0) is 97.9 Å². The predicted octanol–water partition coefficient (Wildman–Crippen LogP) is 5.56. The van der Waals surface area contributed by atoms with Gasteiger partial charge < -0.3 is 15.5 Å². The van der Waals surface area contributed by atoms with Gasteiger partial charge in [0.05, 0.1) is 0 Å². The second-order valence-corrected chi connectivity index (χ2v) is 9.55. The van der Waals surface area contributed by atoms with E-state index in [1.807, 2.05) is 35.2 Å². The van der Waals surface area contributed by atoms with Gasteiger partial charge in [-0.2, -0.15) is 0 Å². The molecule has 0 unspecified atom stereocenters. The number of piperidine rings is 1. The molecule has 3 amide bonds. The highest BCUT2D eigenvalue weighted by Gasteiger charge is 2.27. The molecule has 0 spiro atoms. The molecule has 0 saturated carbocycles. The van der Waals surface area contributed by atoms with E-state index in [0.29, 0.717) is 13.1 Å². The molecule has 1 saturated heterocycles. The molecule has 2 aromatic carbocycles. The molecule has 5 heteroatoms. The van der Waals surface area contributed by atoms with Gasteiger partial charge in [0.1, 0.15) is 0 Å². The van der Waals surface area contributed by atoms with Gasteiger partial charge in [0.2, 0.25) is 0 Å². The van der Waals surface area contributed by atoms with E-state index in [1.165, 1.54) is 41.5 Å². The van der Waals surface area contributed by atoms with Crippen molar-refractivity contribution < 1.29 is 9.59 Å². The highest BCUT2D eigenvalue weighted by molar-refractivity contribution is 5.96. The molecular formula is C28H33N3O2. The van der Waals surface area contributed by atoms with Crippen LogP contribution >= 0.6 is 0 Å². The van der Waals surface area contributed by atoms with E-state index in [2.05, 4.69) is 29.7 Å². The molecule has 1 aliphatic heterocycles. The number of aryl methyl sites for hydroxylation is 1. The molecule has 172 valence electrons. The summed E-state index contributed by atoms with van der Waals surface area (Å²) in [7, 11) is 0. The number of allylic oxidation sites excluding steroid dienone is 2. The molecule has 2 aromatic rings. The van der Waals surface area contributed by atoms with Crippen LogP contribution in [0.4, 0.5) is 10.5 Å². The van der Waals surface area contributed by atoms with E-state index >= 15 is 0 Å². The molecule has 0 bridgehead atoms. The Morgan fingerprint density at radius 2 is 1.76 bits per heavy atom. The Labute approximate surface area is 196 Å². The summed E-state index contributed by atoms with van der Waals surface area (Å²) in [5.74, 6) is 0.00146. The Balaban J connectivity index is 1.14. The highest BCUT2D eigenvalue weighted by atomic mass is 16.2. The van der Waals surface area contributed by atoms with Crippen molar-refractivity contribution in [3.05, 3.63) is 70.3 Å². The minimum atomic E-state index is -0.0702. The maximum Gasteiger partial charge on any atom is 0.321 e. The van der Waals surface area contributed by atoms with Crippen molar-refractivity contribution in [1.29, 1.82) is 0 Å². The van der Waals surface area contributed by atoms with Crippen molar-refractivity contribution in [2.45, 2.75) is 64.3 Å². The monoisotopic (exact) mass is 443 g/mol. The molecule has 1 fully saturated rings. The first kappa shape index (κ1) is 21.7. The van der Waals surface area contributed by atoms with Crippen LogP contribution in [0.1, 0.15) is 72.5 Å². The summed E-state index contributed by atoms with van der Waals surface area (Å²) in [5, 5.41) is 6.19. The summed E-state index contributed by atoms with van der Waals surface area (Å²) >= 11 is 0. The number of urea groups is 1. The van der Waals surface area contributed by atoms with Crippen LogP contribution in [0.25, 0.3) is 5.57 Å². The maximum absolute atomic E-state index is 13.0. The van der Waals surface area contributed by atoms with Crippen molar-refractivity contribution in [3.8, 4) is 0 Å². The Bertz CT molecular complexity index is 1080. The van der Waals surface area contributed by atoms with E-state index in [4.69, 9.17) is 0 Å². The van der Waals surface area contributed by atoms with Crippen LogP contribution < -0.4 is 10.6 Å². The topological polar surface area (TPSA) is 61.4 Å². The summed E-state index contributed by atoms with van der Waals surface area (Å²) in [6.07, 6.45) is 8.50. The van der Waals surface area contributed by atoms with Crippen LogP contribution in [-0.4, -0.2) is 36.0 Å². The second kappa shape index (κ2) is 9.42. The van der Waals surface area contributed by atoms with Crippen molar-refractivity contribution in [2.24, 2.45) is 0 Å².